The molecule has 19 heavy (non-hydrogen) atoms. The molecule has 0 radical (unpaired) electrons. The van der Waals surface area contributed by atoms with Crippen LogP contribution in [0.5, 0.6) is 0 Å². The Bertz CT molecular complexity index is 576. The molecule has 0 fully saturated rings. The van der Waals surface area contributed by atoms with Crippen LogP contribution in [0.4, 0.5) is 17.6 Å². The highest BCUT2D eigenvalue weighted by Crippen LogP contribution is 2.23. The molecule has 1 heterocycles. The number of aromatic nitrogens is 2. The second-order valence-corrected chi connectivity index (χ2v) is 4.89. The molecule has 1 unspecified atom stereocenters. The summed E-state index contributed by atoms with van der Waals surface area (Å²) in [5.41, 5.74) is 14.1. The van der Waals surface area contributed by atoms with E-state index in [4.69, 9.17) is 11.5 Å². The van der Waals surface area contributed by atoms with Crippen molar-refractivity contribution in [3.8, 4) is 0 Å². The molecular formula is C14H17N5. The summed E-state index contributed by atoms with van der Waals surface area (Å²) in [6.45, 7) is 0. The third-order valence-electron chi connectivity index (χ3n) is 3.46. The maximum atomic E-state index is 5.67. The van der Waals surface area contributed by atoms with Crippen LogP contribution in [0.25, 0.3) is 0 Å². The van der Waals surface area contributed by atoms with Crippen LogP contribution in [0.1, 0.15) is 17.5 Å². The van der Waals surface area contributed by atoms with Gasteiger partial charge in [-0.05, 0) is 30.4 Å². The SMILES string of the molecule is Nc1cc(NC2CCc3ccccc3C2)nc(N)n1. The Labute approximate surface area is 112 Å². The van der Waals surface area contributed by atoms with E-state index in [1.54, 1.807) is 6.07 Å². The van der Waals surface area contributed by atoms with Crippen molar-refractivity contribution in [3.63, 3.8) is 0 Å². The van der Waals surface area contributed by atoms with Crippen molar-refractivity contribution in [2.45, 2.75) is 25.3 Å². The molecule has 5 N–H and O–H groups in total. The van der Waals surface area contributed by atoms with Crippen molar-refractivity contribution < 1.29 is 0 Å². The lowest BCUT2D eigenvalue weighted by Gasteiger charge is -2.25. The number of nitrogens with one attached hydrogen (secondary N) is 1. The lowest BCUT2D eigenvalue weighted by atomic mass is 9.88. The number of benzene rings is 1. The summed E-state index contributed by atoms with van der Waals surface area (Å²) < 4.78 is 0. The molecule has 0 amide bonds. The van der Waals surface area contributed by atoms with Gasteiger partial charge in [0.25, 0.3) is 0 Å². The molecule has 0 bridgehead atoms. The molecule has 1 aliphatic carbocycles. The summed E-state index contributed by atoms with van der Waals surface area (Å²) in [5, 5.41) is 3.39. The van der Waals surface area contributed by atoms with Crippen LogP contribution < -0.4 is 16.8 Å². The molecule has 0 spiro atoms. The van der Waals surface area contributed by atoms with Gasteiger partial charge in [-0.2, -0.15) is 9.97 Å². The van der Waals surface area contributed by atoms with Gasteiger partial charge in [-0.1, -0.05) is 24.3 Å². The highest BCUT2D eigenvalue weighted by Gasteiger charge is 2.18. The summed E-state index contributed by atoms with van der Waals surface area (Å²) in [7, 11) is 0. The van der Waals surface area contributed by atoms with Gasteiger partial charge < -0.3 is 16.8 Å². The Hall–Kier alpha value is -2.30. The average Bonchev–Trinajstić information content (AvgIpc) is 2.37. The van der Waals surface area contributed by atoms with E-state index in [1.807, 2.05) is 0 Å². The predicted molar refractivity (Wildman–Crippen MR) is 76.7 cm³/mol. The zero-order valence-electron chi connectivity index (χ0n) is 10.6. The number of nitrogens with two attached hydrogens (primary N) is 2. The maximum absolute atomic E-state index is 5.67. The Morgan fingerprint density at radius 1 is 1.11 bits per heavy atom. The first-order valence-corrected chi connectivity index (χ1v) is 6.44. The third kappa shape index (κ3) is 2.59. The highest BCUT2D eigenvalue weighted by molar-refractivity contribution is 5.49. The normalized spacial score (nSPS) is 17.8. The summed E-state index contributed by atoms with van der Waals surface area (Å²) in [6, 6.07) is 10.7. The van der Waals surface area contributed by atoms with Gasteiger partial charge in [0.2, 0.25) is 5.95 Å². The van der Waals surface area contributed by atoms with Gasteiger partial charge in [0.1, 0.15) is 11.6 Å². The van der Waals surface area contributed by atoms with E-state index in [-0.39, 0.29) is 5.95 Å². The van der Waals surface area contributed by atoms with E-state index in [0.29, 0.717) is 17.7 Å². The fraction of sp³-hybridized carbons (Fsp3) is 0.286. The minimum atomic E-state index is 0.207. The Balaban J connectivity index is 1.75. The molecule has 98 valence electrons. The van der Waals surface area contributed by atoms with Crippen molar-refractivity contribution in [3.05, 3.63) is 41.5 Å². The molecule has 5 nitrogen and oxygen atoms in total. The van der Waals surface area contributed by atoms with Crippen LogP contribution in [-0.4, -0.2) is 16.0 Å². The van der Waals surface area contributed by atoms with Crippen molar-refractivity contribution in [2.24, 2.45) is 0 Å². The third-order valence-corrected chi connectivity index (χ3v) is 3.46. The average molecular weight is 255 g/mol. The standard InChI is InChI=1S/C14H17N5/c15-12-8-13(19-14(16)18-12)17-11-6-5-9-3-1-2-4-10(9)7-11/h1-4,8,11H,5-7H2,(H5,15,16,17,18,19). The molecular weight excluding hydrogens is 238 g/mol. The molecule has 2 aromatic rings. The molecule has 1 aliphatic rings. The summed E-state index contributed by atoms with van der Waals surface area (Å²) >= 11 is 0. The van der Waals surface area contributed by atoms with Gasteiger partial charge in [-0.25, -0.2) is 0 Å². The first kappa shape index (κ1) is 11.8. The van der Waals surface area contributed by atoms with E-state index >= 15 is 0 Å². The van der Waals surface area contributed by atoms with Crippen molar-refractivity contribution in [1.82, 2.24) is 9.97 Å². The lowest BCUT2D eigenvalue weighted by molar-refractivity contribution is 0.609. The van der Waals surface area contributed by atoms with E-state index in [2.05, 4.69) is 39.6 Å². The van der Waals surface area contributed by atoms with E-state index in [9.17, 15) is 0 Å². The van der Waals surface area contributed by atoms with E-state index in [1.165, 1.54) is 11.1 Å². The first-order chi connectivity index (χ1) is 9.20. The fourth-order valence-electron chi connectivity index (χ4n) is 2.59. The van der Waals surface area contributed by atoms with Crippen LogP contribution in [0.2, 0.25) is 0 Å². The van der Waals surface area contributed by atoms with Gasteiger partial charge >= 0.3 is 0 Å². The van der Waals surface area contributed by atoms with Gasteiger partial charge in [-0.3, -0.25) is 0 Å². The number of hydrogen-bond acceptors (Lipinski definition) is 5. The fourth-order valence-corrected chi connectivity index (χ4v) is 2.59. The minimum Gasteiger partial charge on any atom is -0.383 e. The quantitative estimate of drug-likeness (QED) is 0.758. The number of anilines is 3. The number of hydrogen-bond donors (Lipinski definition) is 3. The van der Waals surface area contributed by atoms with Gasteiger partial charge in [0, 0.05) is 12.1 Å². The van der Waals surface area contributed by atoms with E-state index in [0.717, 1.165) is 19.3 Å². The zero-order chi connectivity index (χ0) is 13.2. The lowest BCUT2D eigenvalue weighted by Crippen LogP contribution is -2.28. The predicted octanol–water partition coefficient (Wildman–Crippen LogP) is 1.61. The smallest absolute Gasteiger partial charge is 0.223 e. The number of nitrogen functional groups attached to an aromatic ring is 2. The molecule has 0 saturated heterocycles. The van der Waals surface area contributed by atoms with Gasteiger partial charge in [0.15, 0.2) is 0 Å². The second-order valence-electron chi connectivity index (χ2n) is 4.89. The summed E-state index contributed by atoms with van der Waals surface area (Å²) in [5.74, 6) is 1.30. The molecule has 1 aromatic carbocycles. The van der Waals surface area contributed by atoms with Gasteiger partial charge in [-0.15, -0.1) is 0 Å². The molecule has 0 saturated carbocycles. The van der Waals surface area contributed by atoms with Crippen molar-refractivity contribution >= 4 is 17.6 Å². The topological polar surface area (TPSA) is 89.8 Å². The van der Waals surface area contributed by atoms with Crippen LogP contribution in [0.3, 0.4) is 0 Å². The number of fused-ring (bicyclic) bond motifs is 1. The zero-order valence-corrected chi connectivity index (χ0v) is 10.6. The highest BCUT2D eigenvalue weighted by atomic mass is 15.1. The van der Waals surface area contributed by atoms with Crippen LogP contribution >= 0.6 is 0 Å². The van der Waals surface area contributed by atoms with Crippen molar-refractivity contribution in [2.75, 3.05) is 16.8 Å². The Morgan fingerprint density at radius 3 is 2.68 bits per heavy atom. The summed E-state index contributed by atoms with van der Waals surface area (Å²) in [6.07, 6.45) is 3.17. The summed E-state index contributed by atoms with van der Waals surface area (Å²) in [4.78, 5) is 8.03. The number of rotatable bonds is 2. The maximum Gasteiger partial charge on any atom is 0.223 e. The minimum absolute atomic E-state index is 0.207. The van der Waals surface area contributed by atoms with Crippen LogP contribution in [0, 0.1) is 0 Å². The molecule has 5 heteroatoms. The molecule has 3 rings (SSSR count). The van der Waals surface area contributed by atoms with E-state index < -0.39 is 0 Å². The Morgan fingerprint density at radius 2 is 1.89 bits per heavy atom. The second kappa shape index (κ2) is 4.76. The monoisotopic (exact) mass is 255 g/mol. The number of aryl methyl sites for hydroxylation is 1. The van der Waals surface area contributed by atoms with Crippen LogP contribution in [-0.2, 0) is 12.8 Å². The largest absolute Gasteiger partial charge is 0.383 e. The van der Waals surface area contributed by atoms with Crippen molar-refractivity contribution in [1.29, 1.82) is 0 Å². The number of nitrogens with zero attached hydrogens (tertiary/aromatic N) is 2. The molecule has 0 aliphatic heterocycles. The first-order valence-electron chi connectivity index (χ1n) is 6.44. The van der Waals surface area contributed by atoms with Gasteiger partial charge in [0.05, 0.1) is 0 Å². The molecule has 1 atom stereocenters. The van der Waals surface area contributed by atoms with Crippen LogP contribution in [0.15, 0.2) is 30.3 Å². The Kier molecular flexibility index (Phi) is 2.95. The molecule has 1 aromatic heterocycles.